The van der Waals surface area contributed by atoms with Gasteiger partial charge in [-0.15, -0.1) is 13.2 Å². The van der Waals surface area contributed by atoms with Gasteiger partial charge in [0.05, 0.1) is 5.41 Å². The van der Waals surface area contributed by atoms with Gasteiger partial charge in [0.1, 0.15) is 6.17 Å². The predicted octanol–water partition coefficient (Wildman–Crippen LogP) is 3.31. The molecule has 112 valence electrons. The first-order chi connectivity index (χ1) is 10.1. The van der Waals surface area contributed by atoms with Gasteiger partial charge in [0.2, 0.25) is 5.91 Å². The number of hydrogen-bond donors (Lipinski definition) is 2. The van der Waals surface area contributed by atoms with Crippen LogP contribution in [0.25, 0.3) is 0 Å². The summed E-state index contributed by atoms with van der Waals surface area (Å²) in [6, 6.07) is 9.62. The summed E-state index contributed by atoms with van der Waals surface area (Å²) >= 11 is 0. The fourth-order valence-electron chi connectivity index (χ4n) is 3.19. The van der Waals surface area contributed by atoms with Crippen molar-refractivity contribution in [3.05, 3.63) is 61.2 Å². The molecule has 1 fully saturated rings. The molecule has 0 aliphatic heterocycles. The third kappa shape index (κ3) is 3.08. The van der Waals surface area contributed by atoms with Gasteiger partial charge in [-0.3, -0.25) is 4.79 Å². The van der Waals surface area contributed by atoms with Gasteiger partial charge in [-0.05, 0) is 37.2 Å². The SMILES string of the molecule is C=CCC1CCC1(CC=C)C(=O)NC(N)c1ccccc1. The standard InChI is InChI=1S/C18H24N2O/c1-3-8-15-11-13-18(15,12-4-2)17(21)20-16(19)14-9-6-5-7-10-14/h3-7,9-10,15-16H,1-2,8,11-13,19H2,(H,20,21). The maximum Gasteiger partial charge on any atom is 0.228 e. The van der Waals surface area contributed by atoms with Crippen LogP contribution in [-0.4, -0.2) is 5.91 Å². The lowest BCUT2D eigenvalue weighted by molar-refractivity contribution is -0.142. The Bertz CT molecular complexity index is 511. The fourth-order valence-corrected chi connectivity index (χ4v) is 3.19. The van der Waals surface area contributed by atoms with Gasteiger partial charge in [0.25, 0.3) is 0 Å². The van der Waals surface area contributed by atoms with E-state index in [4.69, 9.17) is 5.73 Å². The highest BCUT2D eigenvalue weighted by Crippen LogP contribution is 2.51. The molecule has 2 rings (SSSR count). The second-order valence-electron chi connectivity index (χ2n) is 5.77. The lowest BCUT2D eigenvalue weighted by Crippen LogP contribution is -2.53. The van der Waals surface area contributed by atoms with Crippen molar-refractivity contribution in [3.63, 3.8) is 0 Å². The van der Waals surface area contributed by atoms with Gasteiger partial charge >= 0.3 is 0 Å². The zero-order valence-electron chi connectivity index (χ0n) is 12.4. The molecule has 0 aromatic heterocycles. The molecule has 0 spiro atoms. The molecular formula is C18H24N2O. The van der Waals surface area contributed by atoms with Crippen LogP contribution < -0.4 is 11.1 Å². The molecule has 0 saturated heterocycles. The first-order valence-corrected chi connectivity index (χ1v) is 7.47. The van der Waals surface area contributed by atoms with Crippen LogP contribution in [0.15, 0.2) is 55.6 Å². The van der Waals surface area contributed by atoms with Gasteiger partial charge in [0.15, 0.2) is 0 Å². The first-order valence-electron chi connectivity index (χ1n) is 7.47. The zero-order valence-corrected chi connectivity index (χ0v) is 12.4. The molecular weight excluding hydrogens is 260 g/mol. The Labute approximate surface area is 126 Å². The average molecular weight is 284 g/mol. The highest BCUT2D eigenvalue weighted by Gasteiger charge is 2.50. The Balaban J connectivity index is 2.09. The third-order valence-electron chi connectivity index (χ3n) is 4.58. The Hall–Kier alpha value is -1.87. The minimum absolute atomic E-state index is 0.0388. The quantitative estimate of drug-likeness (QED) is 0.596. The molecule has 0 radical (unpaired) electrons. The Morgan fingerprint density at radius 1 is 1.38 bits per heavy atom. The molecule has 21 heavy (non-hydrogen) atoms. The topological polar surface area (TPSA) is 55.1 Å². The monoisotopic (exact) mass is 284 g/mol. The van der Waals surface area contributed by atoms with E-state index in [1.54, 1.807) is 0 Å². The number of allylic oxidation sites excluding steroid dienone is 2. The summed E-state index contributed by atoms with van der Waals surface area (Å²) in [5.41, 5.74) is 6.67. The van der Waals surface area contributed by atoms with Crippen molar-refractivity contribution in [2.24, 2.45) is 17.1 Å². The highest BCUT2D eigenvalue weighted by atomic mass is 16.2. The summed E-state index contributed by atoms with van der Waals surface area (Å²) in [6.45, 7) is 7.60. The van der Waals surface area contributed by atoms with Crippen LogP contribution in [-0.2, 0) is 4.79 Å². The number of nitrogens with two attached hydrogens (primary N) is 1. The lowest BCUT2D eigenvalue weighted by atomic mass is 9.56. The van der Waals surface area contributed by atoms with Gasteiger partial charge in [-0.1, -0.05) is 42.5 Å². The van der Waals surface area contributed by atoms with Crippen LogP contribution in [0.5, 0.6) is 0 Å². The number of carbonyl (C=O) groups excluding carboxylic acids is 1. The molecule has 3 heteroatoms. The number of rotatable bonds is 7. The Morgan fingerprint density at radius 3 is 2.62 bits per heavy atom. The van der Waals surface area contributed by atoms with Crippen LogP contribution in [0.4, 0.5) is 0 Å². The largest absolute Gasteiger partial charge is 0.336 e. The number of amides is 1. The van der Waals surface area contributed by atoms with Gasteiger partial charge in [0, 0.05) is 0 Å². The average Bonchev–Trinajstić information content (AvgIpc) is 2.49. The van der Waals surface area contributed by atoms with Crippen LogP contribution in [0.1, 0.15) is 37.4 Å². The van der Waals surface area contributed by atoms with E-state index < -0.39 is 6.17 Å². The van der Waals surface area contributed by atoms with E-state index in [9.17, 15) is 4.79 Å². The normalized spacial score (nSPS) is 25.5. The summed E-state index contributed by atoms with van der Waals surface area (Å²) < 4.78 is 0. The zero-order chi connectivity index (χ0) is 15.3. The Morgan fingerprint density at radius 2 is 2.10 bits per heavy atom. The summed E-state index contributed by atoms with van der Waals surface area (Å²) in [5, 5.41) is 2.97. The van der Waals surface area contributed by atoms with E-state index in [1.165, 1.54) is 0 Å². The van der Waals surface area contributed by atoms with E-state index in [2.05, 4.69) is 18.5 Å². The van der Waals surface area contributed by atoms with Crippen LogP contribution >= 0.6 is 0 Å². The number of carbonyl (C=O) groups is 1. The molecule has 1 aromatic rings. The van der Waals surface area contributed by atoms with Gasteiger partial charge in [-0.25, -0.2) is 0 Å². The number of benzene rings is 1. The first kappa shape index (κ1) is 15.5. The number of nitrogens with one attached hydrogen (secondary N) is 1. The predicted molar refractivity (Wildman–Crippen MR) is 86.3 cm³/mol. The van der Waals surface area contributed by atoms with E-state index in [1.807, 2.05) is 42.5 Å². The minimum Gasteiger partial charge on any atom is -0.336 e. The summed E-state index contributed by atoms with van der Waals surface area (Å²) in [7, 11) is 0. The van der Waals surface area contributed by atoms with Crippen molar-refractivity contribution in [2.75, 3.05) is 0 Å². The van der Waals surface area contributed by atoms with Crippen molar-refractivity contribution in [2.45, 2.75) is 31.8 Å². The van der Waals surface area contributed by atoms with E-state index in [-0.39, 0.29) is 11.3 Å². The molecule has 3 atom stereocenters. The van der Waals surface area contributed by atoms with Crippen molar-refractivity contribution < 1.29 is 4.79 Å². The highest BCUT2D eigenvalue weighted by molar-refractivity contribution is 5.84. The van der Waals surface area contributed by atoms with Crippen molar-refractivity contribution in [1.29, 1.82) is 0 Å². The molecule has 0 heterocycles. The van der Waals surface area contributed by atoms with E-state index in [0.29, 0.717) is 12.3 Å². The van der Waals surface area contributed by atoms with Crippen molar-refractivity contribution in [3.8, 4) is 0 Å². The molecule has 1 aromatic carbocycles. The molecule has 3 nitrogen and oxygen atoms in total. The molecule has 3 unspecified atom stereocenters. The maximum absolute atomic E-state index is 12.7. The summed E-state index contributed by atoms with van der Waals surface area (Å²) in [6.07, 6.45) is 6.78. The van der Waals surface area contributed by atoms with Crippen LogP contribution in [0.2, 0.25) is 0 Å². The lowest BCUT2D eigenvalue weighted by Gasteiger charge is -2.48. The van der Waals surface area contributed by atoms with Crippen molar-refractivity contribution >= 4 is 5.91 Å². The molecule has 1 saturated carbocycles. The maximum atomic E-state index is 12.7. The fraction of sp³-hybridized carbons (Fsp3) is 0.389. The molecule has 1 aliphatic carbocycles. The third-order valence-corrected chi connectivity index (χ3v) is 4.58. The molecule has 1 amide bonds. The molecule has 0 bridgehead atoms. The van der Waals surface area contributed by atoms with E-state index >= 15 is 0 Å². The minimum atomic E-state index is -0.467. The Kier molecular flexibility index (Phi) is 4.97. The summed E-state index contributed by atoms with van der Waals surface area (Å²) in [4.78, 5) is 12.7. The second-order valence-corrected chi connectivity index (χ2v) is 5.77. The number of hydrogen-bond acceptors (Lipinski definition) is 2. The molecule has 1 aliphatic rings. The summed E-state index contributed by atoms with van der Waals surface area (Å²) in [5.74, 6) is 0.382. The smallest absolute Gasteiger partial charge is 0.228 e. The second kappa shape index (κ2) is 6.72. The van der Waals surface area contributed by atoms with Crippen molar-refractivity contribution in [1.82, 2.24) is 5.32 Å². The van der Waals surface area contributed by atoms with Gasteiger partial charge in [-0.2, -0.15) is 0 Å². The van der Waals surface area contributed by atoms with Crippen LogP contribution in [0.3, 0.4) is 0 Å². The van der Waals surface area contributed by atoms with Crippen LogP contribution in [0, 0.1) is 11.3 Å². The van der Waals surface area contributed by atoms with Gasteiger partial charge < -0.3 is 11.1 Å². The molecule has 3 N–H and O–H groups in total. The van der Waals surface area contributed by atoms with E-state index in [0.717, 1.165) is 24.8 Å².